The van der Waals surface area contributed by atoms with Crippen LogP contribution in [0.4, 0.5) is 5.69 Å². The van der Waals surface area contributed by atoms with Gasteiger partial charge in [0.05, 0.1) is 11.0 Å². The van der Waals surface area contributed by atoms with Crippen molar-refractivity contribution in [2.24, 2.45) is 7.05 Å². The monoisotopic (exact) mass is 246 g/mol. The molecule has 0 saturated carbocycles. The lowest BCUT2D eigenvalue weighted by molar-refractivity contribution is 0.448. The van der Waals surface area contributed by atoms with Gasteiger partial charge in [0.25, 0.3) is 0 Å². The average molecular weight is 246 g/mol. The van der Waals surface area contributed by atoms with Crippen LogP contribution in [0.2, 0.25) is 0 Å². The van der Waals surface area contributed by atoms with Crippen molar-refractivity contribution >= 4 is 16.7 Å². The molecule has 4 nitrogen and oxygen atoms in total. The first kappa shape index (κ1) is 12.9. The summed E-state index contributed by atoms with van der Waals surface area (Å²) >= 11 is 0. The van der Waals surface area contributed by atoms with Crippen molar-refractivity contribution in [1.29, 1.82) is 0 Å². The number of rotatable bonds is 4. The molecule has 0 spiro atoms. The van der Waals surface area contributed by atoms with Gasteiger partial charge >= 0.3 is 0 Å². The third kappa shape index (κ3) is 2.48. The summed E-state index contributed by atoms with van der Waals surface area (Å²) in [5.74, 6) is 1.04. The van der Waals surface area contributed by atoms with E-state index in [-0.39, 0.29) is 5.54 Å². The van der Waals surface area contributed by atoms with Gasteiger partial charge in [-0.2, -0.15) is 0 Å². The Kier molecular flexibility index (Phi) is 3.30. The second-order valence-corrected chi connectivity index (χ2v) is 5.41. The van der Waals surface area contributed by atoms with Gasteiger partial charge in [-0.25, -0.2) is 4.98 Å². The highest BCUT2D eigenvalue weighted by molar-refractivity contribution is 5.80. The molecule has 2 aromatic rings. The van der Waals surface area contributed by atoms with Crippen LogP contribution in [0.15, 0.2) is 18.2 Å². The molecule has 0 amide bonds. The van der Waals surface area contributed by atoms with Gasteiger partial charge in [0.1, 0.15) is 5.82 Å². The first-order valence-electron chi connectivity index (χ1n) is 6.29. The van der Waals surface area contributed by atoms with E-state index in [1.54, 1.807) is 0 Å². The highest BCUT2D eigenvalue weighted by atomic mass is 15.1. The summed E-state index contributed by atoms with van der Waals surface area (Å²) < 4.78 is 2.11. The molecule has 0 fully saturated rings. The summed E-state index contributed by atoms with van der Waals surface area (Å²) in [6.07, 6.45) is 0. The highest BCUT2D eigenvalue weighted by Gasteiger charge is 2.14. The average Bonchev–Trinajstić information content (AvgIpc) is 2.62. The second kappa shape index (κ2) is 4.61. The predicted octanol–water partition coefficient (Wildman–Crippen LogP) is 2.29. The van der Waals surface area contributed by atoms with Crippen LogP contribution < -0.4 is 10.6 Å². The molecule has 0 aliphatic heterocycles. The maximum absolute atomic E-state index is 4.55. The van der Waals surface area contributed by atoms with E-state index in [0.29, 0.717) is 0 Å². The largest absolute Gasteiger partial charge is 0.383 e. The van der Waals surface area contributed by atoms with E-state index in [2.05, 4.69) is 52.2 Å². The van der Waals surface area contributed by atoms with E-state index in [4.69, 9.17) is 0 Å². The summed E-state index contributed by atoms with van der Waals surface area (Å²) in [7, 11) is 4.02. The minimum Gasteiger partial charge on any atom is -0.383 e. The van der Waals surface area contributed by atoms with Crippen molar-refractivity contribution in [2.75, 3.05) is 18.9 Å². The molecule has 1 aromatic carbocycles. The van der Waals surface area contributed by atoms with Gasteiger partial charge in [-0.15, -0.1) is 0 Å². The first-order chi connectivity index (χ1) is 8.43. The number of anilines is 1. The molecule has 2 N–H and O–H groups in total. The number of aryl methyl sites for hydroxylation is 2. The molecule has 0 atom stereocenters. The van der Waals surface area contributed by atoms with Gasteiger partial charge in [-0.3, -0.25) is 0 Å². The normalized spacial score (nSPS) is 12.1. The van der Waals surface area contributed by atoms with Gasteiger partial charge < -0.3 is 15.2 Å². The molecule has 1 heterocycles. The maximum Gasteiger partial charge on any atom is 0.106 e. The molecular formula is C14H22N4. The van der Waals surface area contributed by atoms with Gasteiger partial charge in [0.15, 0.2) is 0 Å². The lowest BCUT2D eigenvalue weighted by Crippen LogP contribution is -2.42. The number of hydrogen-bond donors (Lipinski definition) is 2. The standard InChI is InChI=1S/C14H22N4/c1-10-17-12-8-11(6-7-13(12)18(10)5)16-9-14(2,3)15-4/h6-8,15-16H,9H2,1-5H3. The lowest BCUT2D eigenvalue weighted by atomic mass is 10.1. The number of benzene rings is 1. The van der Waals surface area contributed by atoms with Crippen molar-refractivity contribution < 1.29 is 0 Å². The fourth-order valence-electron chi connectivity index (χ4n) is 1.84. The Hall–Kier alpha value is -1.55. The zero-order valence-electron chi connectivity index (χ0n) is 11.8. The van der Waals surface area contributed by atoms with Crippen molar-refractivity contribution in [2.45, 2.75) is 26.3 Å². The number of imidazole rings is 1. The molecule has 0 aliphatic carbocycles. The Labute approximate surface area is 108 Å². The summed E-state index contributed by atoms with van der Waals surface area (Å²) in [5.41, 5.74) is 3.41. The minimum atomic E-state index is 0.0784. The summed E-state index contributed by atoms with van der Waals surface area (Å²) in [6, 6.07) is 6.33. The Morgan fingerprint density at radius 1 is 1.33 bits per heavy atom. The zero-order valence-corrected chi connectivity index (χ0v) is 11.8. The molecule has 0 saturated heterocycles. The topological polar surface area (TPSA) is 41.9 Å². The Morgan fingerprint density at radius 3 is 2.72 bits per heavy atom. The zero-order chi connectivity index (χ0) is 13.3. The van der Waals surface area contributed by atoms with Crippen LogP contribution in [0, 0.1) is 6.92 Å². The highest BCUT2D eigenvalue weighted by Crippen LogP contribution is 2.19. The van der Waals surface area contributed by atoms with E-state index in [1.165, 1.54) is 5.52 Å². The van der Waals surface area contributed by atoms with E-state index < -0.39 is 0 Å². The lowest BCUT2D eigenvalue weighted by Gasteiger charge is -2.24. The van der Waals surface area contributed by atoms with E-state index in [9.17, 15) is 0 Å². The SMILES string of the molecule is CNC(C)(C)CNc1ccc2c(c1)nc(C)n2C. The van der Waals surface area contributed by atoms with Crippen molar-refractivity contribution in [3.05, 3.63) is 24.0 Å². The fourth-order valence-corrected chi connectivity index (χ4v) is 1.84. The second-order valence-electron chi connectivity index (χ2n) is 5.41. The molecule has 0 bridgehead atoms. The molecule has 2 rings (SSSR count). The third-order valence-corrected chi connectivity index (χ3v) is 3.52. The van der Waals surface area contributed by atoms with Crippen LogP contribution in [-0.2, 0) is 7.05 Å². The molecule has 0 unspecified atom stereocenters. The maximum atomic E-state index is 4.55. The van der Waals surface area contributed by atoms with E-state index in [1.807, 2.05) is 21.0 Å². The van der Waals surface area contributed by atoms with Crippen molar-refractivity contribution in [3.8, 4) is 0 Å². The van der Waals surface area contributed by atoms with Crippen LogP contribution in [0.3, 0.4) is 0 Å². The number of aromatic nitrogens is 2. The van der Waals surface area contributed by atoms with Crippen LogP contribution in [0.1, 0.15) is 19.7 Å². The molecule has 0 aliphatic rings. The number of hydrogen-bond acceptors (Lipinski definition) is 3. The van der Waals surface area contributed by atoms with Crippen LogP contribution >= 0.6 is 0 Å². The van der Waals surface area contributed by atoms with Crippen LogP contribution in [0.5, 0.6) is 0 Å². The van der Waals surface area contributed by atoms with Crippen molar-refractivity contribution in [1.82, 2.24) is 14.9 Å². The van der Waals surface area contributed by atoms with E-state index >= 15 is 0 Å². The van der Waals surface area contributed by atoms with Gasteiger partial charge in [0.2, 0.25) is 0 Å². The third-order valence-electron chi connectivity index (χ3n) is 3.52. The molecule has 18 heavy (non-hydrogen) atoms. The van der Waals surface area contributed by atoms with Gasteiger partial charge in [-0.05, 0) is 46.0 Å². The molecule has 1 aromatic heterocycles. The molecule has 98 valence electrons. The molecule has 4 heteroatoms. The van der Waals surface area contributed by atoms with Gasteiger partial charge in [-0.1, -0.05) is 0 Å². The molecular weight excluding hydrogens is 224 g/mol. The quantitative estimate of drug-likeness (QED) is 0.869. The number of nitrogens with zero attached hydrogens (tertiary/aromatic N) is 2. The Morgan fingerprint density at radius 2 is 2.06 bits per heavy atom. The molecule has 0 radical (unpaired) electrons. The number of nitrogens with one attached hydrogen (secondary N) is 2. The van der Waals surface area contributed by atoms with Crippen LogP contribution in [-0.4, -0.2) is 28.7 Å². The smallest absolute Gasteiger partial charge is 0.106 e. The summed E-state index contributed by atoms with van der Waals surface area (Å²) in [5, 5.41) is 6.72. The number of fused-ring (bicyclic) bond motifs is 1. The minimum absolute atomic E-state index is 0.0784. The Balaban J connectivity index is 2.20. The first-order valence-corrected chi connectivity index (χ1v) is 6.29. The van der Waals surface area contributed by atoms with E-state index in [0.717, 1.165) is 23.6 Å². The number of likely N-dealkylation sites (N-methyl/N-ethyl adjacent to an activating group) is 1. The van der Waals surface area contributed by atoms with Crippen molar-refractivity contribution in [3.63, 3.8) is 0 Å². The van der Waals surface area contributed by atoms with Crippen LogP contribution in [0.25, 0.3) is 11.0 Å². The fraction of sp³-hybridized carbons (Fsp3) is 0.500. The predicted molar refractivity (Wildman–Crippen MR) is 77.1 cm³/mol. The summed E-state index contributed by atoms with van der Waals surface area (Å²) in [4.78, 5) is 4.55. The van der Waals surface area contributed by atoms with Gasteiger partial charge in [0, 0.05) is 24.8 Å². The summed E-state index contributed by atoms with van der Waals surface area (Å²) in [6.45, 7) is 7.24. The Bertz CT molecular complexity index is 554.